The van der Waals surface area contributed by atoms with Gasteiger partial charge in [0.2, 0.25) is 0 Å². The van der Waals surface area contributed by atoms with Gasteiger partial charge >= 0.3 is 0 Å². The van der Waals surface area contributed by atoms with Crippen molar-refractivity contribution in [2.45, 2.75) is 12.5 Å². The van der Waals surface area contributed by atoms with E-state index < -0.39 is 0 Å². The van der Waals surface area contributed by atoms with E-state index in [1.807, 2.05) is 23.6 Å². The second kappa shape index (κ2) is 5.41. The molecule has 0 aliphatic rings. The van der Waals surface area contributed by atoms with E-state index in [0.717, 1.165) is 22.3 Å². The summed E-state index contributed by atoms with van der Waals surface area (Å²) < 4.78 is 5.69. The molecule has 0 aliphatic heterocycles. The fourth-order valence-electron chi connectivity index (χ4n) is 1.84. The van der Waals surface area contributed by atoms with Crippen molar-refractivity contribution >= 4 is 45.4 Å². The van der Waals surface area contributed by atoms with Gasteiger partial charge in [0.15, 0.2) is 0 Å². The molecular weight excluding hydrogens is 303 g/mol. The fourth-order valence-corrected chi connectivity index (χ4v) is 2.75. The van der Waals surface area contributed by atoms with Gasteiger partial charge < -0.3 is 9.72 Å². The van der Waals surface area contributed by atoms with Crippen LogP contribution in [0.25, 0.3) is 10.9 Å². The molecule has 1 N–H and O–H groups in total. The zero-order chi connectivity index (χ0) is 13.2. The quantitative estimate of drug-likeness (QED) is 0.715. The summed E-state index contributed by atoms with van der Waals surface area (Å²) in [5.41, 5.74) is 4.60. The van der Waals surface area contributed by atoms with Crippen LogP contribution < -0.4 is 4.74 Å². The number of halogens is 2. The summed E-state index contributed by atoms with van der Waals surface area (Å²) in [4.78, 5) is 7.39. The molecule has 19 heavy (non-hydrogen) atoms. The Morgan fingerprint density at radius 1 is 1.32 bits per heavy atom. The number of rotatable bonds is 4. The summed E-state index contributed by atoms with van der Waals surface area (Å²) in [7, 11) is 0. The molecule has 2 aromatic heterocycles. The highest BCUT2D eigenvalue weighted by molar-refractivity contribution is 7.07. The van der Waals surface area contributed by atoms with Gasteiger partial charge in [0.05, 0.1) is 22.1 Å². The van der Waals surface area contributed by atoms with E-state index in [4.69, 9.17) is 27.9 Å². The third-order valence-corrected chi connectivity index (χ3v) is 3.95. The summed E-state index contributed by atoms with van der Waals surface area (Å²) in [6.45, 7) is 0.414. The van der Waals surface area contributed by atoms with E-state index >= 15 is 0 Å². The molecule has 0 radical (unpaired) electrons. The molecule has 2 heterocycles. The SMILES string of the molecule is ClCc1cc2cc(Cl)c(OCc3cscn3)cc2[nH]1. The maximum absolute atomic E-state index is 6.21. The Morgan fingerprint density at radius 2 is 2.21 bits per heavy atom. The molecule has 6 heteroatoms. The van der Waals surface area contributed by atoms with Gasteiger partial charge in [0.25, 0.3) is 0 Å². The lowest BCUT2D eigenvalue weighted by Crippen LogP contribution is -1.95. The first kappa shape index (κ1) is 12.8. The maximum atomic E-state index is 6.21. The van der Waals surface area contributed by atoms with Crippen molar-refractivity contribution < 1.29 is 4.74 Å². The minimum atomic E-state index is 0.414. The minimum Gasteiger partial charge on any atom is -0.486 e. The van der Waals surface area contributed by atoms with Crippen LogP contribution in [-0.4, -0.2) is 9.97 Å². The van der Waals surface area contributed by atoms with Gasteiger partial charge in [-0.1, -0.05) is 11.6 Å². The van der Waals surface area contributed by atoms with Crippen LogP contribution in [0.5, 0.6) is 5.75 Å². The van der Waals surface area contributed by atoms with E-state index in [0.29, 0.717) is 23.3 Å². The normalized spacial score (nSPS) is 11.1. The number of aromatic amines is 1. The van der Waals surface area contributed by atoms with Crippen molar-refractivity contribution in [2.75, 3.05) is 0 Å². The van der Waals surface area contributed by atoms with Crippen molar-refractivity contribution in [3.8, 4) is 5.75 Å². The van der Waals surface area contributed by atoms with E-state index in [9.17, 15) is 0 Å². The minimum absolute atomic E-state index is 0.414. The predicted octanol–water partition coefficient (Wildman–Crippen LogP) is 4.60. The predicted molar refractivity (Wildman–Crippen MR) is 79.3 cm³/mol. The number of alkyl halides is 1. The molecule has 3 nitrogen and oxygen atoms in total. The van der Waals surface area contributed by atoms with Crippen LogP contribution in [0, 0.1) is 0 Å². The van der Waals surface area contributed by atoms with Crippen molar-refractivity contribution in [3.63, 3.8) is 0 Å². The van der Waals surface area contributed by atoms with Gasteiger partial charge in [-0.3, -0.25) is 0 Å². The number of ether oxygens (including phenoxy) is 1. The first-order valence-electron chi connectivity index (χ1n) is 5.63. The lowest BCUT2D eigenvalue weighted by molar-refractivity contribution is 0.302. The van der Waals surface area contributed by atoms with Crippen LogP contribution in [0.4, 0.5) is 0 Å². The summed E-state index contributed by atoms with van der Waals surface area (Å²) in [6.07, 6.45) is 0. The molecule has 0 spiro atoms. The number of benzene rings is 1. The Morgan fingerprint density at radius 3 is 2.95 bits per heavy atom. The number of thiazole rings is 1. The molecule has 3 aromatic rings. The molecule has 0 atom stereocenters. The monoisotopic (exact) mass is 312 g/mol. The number of hydrogen-bond acceptors (Lipinski definition) is 3. The number of aromatic nitrogens is 2. The largest absolute Gasteiger partial charge is 0.486 e. The molecule has 0 saturated heterocycles. The maximum Gasteiger partial charge on any atom is 0.140 e. The summed E-state index contributed by atoms with van der Waals surface area (Å²) in [6, 6.07) is 5.75. The number of H-pyrrole nitrogens is 1. The number of nitrogens with zero attached hydrogens (tertiary/aromatic N) is 1. The summed E-state index contributed by atoms with van der Waals surface area (Å²) in [5, 5.41) is 3.57. The fraction of sp³-hybridized carbons (Fsp3) is 0.154. The van der Waals surface area contributed by atoms with E-state index in [1.165, 1.54) is 0 Å². The van der Waals surface area contributed by atoms with Crippen LogP contribution in [0.15, 0.2) is 29.1 Å². The van der Waals surface area contributed by atoms with Gasteiger partial charge in [0, 0.05) is 28.0 Å². The highest BCUT2D eigenvalue weighted by Crippen LogP contribution is 2.31. The standard InChI is InChI=1S/C13H10Cl2N2OS/c14-4-9-1-8-2-11(15)13(3-12(8)17-9)18-5-10-6-19-7-16-10/h1-3,6-7,17H,4-5H2. The van der Waals surface area contributed by atoms with E-state index in [-0.39, 0.29) is 0 Å². The van der Waals surface area contributed by atoms with Gasteiger partial charge in [0.1, 0.15) is 12.4 Å². The van der Waals surface area contributed by atoms with Crippen molar-refractivity contribution in [1.82, 2.24) is 9.97 Å². The van der Waals surface area contributed by atoms with E-state index in [1.54, 1.807) is 16.8 Å². The van der Waals surface area contributed by atoms with Crippen LogP contribution in [-0.2, 0) is 12.5 Å². The average Bonchev–Trinajstić information content (AvgIpc) is 3.04. The van der Waals surface area contributed by atoms with Gasteiger partial charge in [-0.25, -0.2) is 4.98 Å². The summed E-state index contributed by atoms with van der Waals surface area (Å²) in [5.74, 6) is 1.09. The zero-order valence-corrected chi connectivity index (χ0v) is 12.1. The Hall–Kier alpha value is -1.23. The molecule has 3 rings (SSSR count). The third kappa shape index (κ3) is 2.71. The van der Waals surface area contributed by atoms with Crippen LogP contribution in [0.2, 0.25) is 5.02 Å². The third-order valence-electron chi connectivity index (χ3n) is 2.73. The van der Waals surface area contributed by atoms with Crippen LogP contribution in [0.3, 0.4) is 0 Å². The van der Waals surface area contributed by atoms with Gasteiger partial charge in [-0.15, -0.1) is 22.9 Å². The molecule has 0 saturated carbocycles. The average molecular weight is 313 g/mol. The van der Waals surface area contributed by atoms with Crippen molar-refractivity contribution in [1.29, 1.82) is 0 Å². The zero-order valence-electron chi connectivity index (χ0n) is 9.82. The Kier molecular flexibility index (Phi) is 3.64. The number of hydrogen-bond donors (Lipinski definition) is 1. The lowest BCUT2D eigenvalue weighted by atomic mass is 10.2. The molecular formula is C13H10Cl2N2OS. The van der Waals surface area contributed by atoms with Crippen LogP contribution >= 0.6 is 34.5 Å². The molecule has 0 bridgehead atoms. The van der Waals surface area contributed by atoms with Gasteiger partial charge in [-0.2, -0.15) is 0 Å². The number of nitrogens with one attached hydrogen (secondary N) is 1. The smallest absolute Gasteiger partial charge is 0.140 e. The highest BCUT2D eigenvalue weighted by Gasteiger charge is 2.08. The first-order valence-corrected chi connectivity index (χ1v) is 7.49. The lowest BCUT2D eigenvalue weighted by Gasteiger charge is -2.06. The molecule has 1 aromatic carbocycles. The topological polar surface area (TPSA) is 37.9 Å². The Balaban J connectivity index is 1.88. The second-order valence-corrected chi connectivity index (χ2v) is 5.46. The van der Waals surface area contributed by atoms with Crippen molar-refractivity contribution in [3.05, 3.63) is 45.5 Å². The number of fused-ring (bicyclic) bond motifs is 1. The van der Waals surface area contributed by atoms with E-state index in [2.05, 4.69) is 9.97 Å². The molecule has 0 aliphatic carbocycles. The molecule has 0 fully saturated rings. The second-order valence-electron chi connectivity index (χ2n) is 4.07. The Bertz CT molecular complexity index is 694. The molecule has 0 unspecified atom stereocenters. The summed E-state index contributed by atoms with van der Waals surface area (Å²) >= 11 is 13.6. The van der Waals surface area contributed by atoms with Crippen LogP contribution in [0.1, 0.15) is 11.4 Å². The van der Waals surface area contributed by atoms with Gasteiger partial charge in [-0.05, 0) is 12.1 Å². The molecule has 0 amide bonds. The highest BCUT2D eigenvalue weighted by atomic mass is 35.5. The Labute approximate surface area is 124 Å². The molecule has 98 valence electrons. The van der Waals surface area contributed by atoms with Crippen molar-refractivity contribution in [2.24, 2.45) is 0 Å². The first-order chi connectivity index (χ1) is 9.26.